The van der Waals surface area contributed by atoms with Crippen molar-refractivity contribution in [1.82, 2.24) is 20.0 Å². The Bertz CT molecular complexity index is 1210. The summed E-state index contributed by atoms with van der Waals surface area (Å²) < 4.78 is 14.2. The van der Waals surface area contributed by atoms with Gasteiger partial charge in [0.2, 0.25) is 5.95 Å². The Hall–Kier alpha value is -3.39. The third-order valence-electron chi connectivity index (χ3n) is 6.11. The quantitative estimate of drug-likeness (QED) is 0.618. The first-order valence-electron chi connectivity index (χ1n) is 11.0. The van der Waals surface area contributed by atoms with Crippen molar-refractivity contribution in [3.05, 3.63) is 48.5 Å². The maximum Gasteiger partial charge on any atom is 0.207 e. The van der Waals surface area contributed by atoms with E-state index in [1.54, 1.807) is 6.20 Å². The lowest BCUT2D eigenvalue weighted by atomic mass is 10.0. The van der Waals surface area contributed by atoms with Crippen LogP contribution >= 0.6 is 0 Å². The van der Waals surface area contributed by atoms with Gasteiger partial charge in [0.15, 0.2) is 5.75 Å². The SMILES string of the molecule is C=C/N=C(\C=C/C)[C@H]1COc2c(-c3c(C)noc3C)ccc3nc(N4CCNCC4)n1c23. The maximum atomic E-state index is 6.44. The number of anilines is 1. The molecule has 1 aromatic carbocycles. The molecule has 0 radical (unpaired) electrons. The molecular weight excluding hydrogens is 404 g/mol. The fourth-order valence-electron chi connectivity index (χ4n) is 4.71. The lowest BCUT2D eigenvalue weighted by Gasteiger charge is -2.33. The van der Waals surface area contributed by atoms with Gasteiger partial charge in [-0.2, -0.15) is 0 Å². The van der Waals surface area contributed by atoms with E-state index >= 15 is 0 Å². The molecule has 32 heavy (non-hydrogen) atoms. The van der Waals surface area contributed by atoms with Crippen molar-refractivity contribution in [3.63, 3.8) is 0 Å². The van der Waals surface area contributed by atoms with Gasteiger partial charge < -0.3 is 19.5 Å². The number of hydrogen-bond acceptors (Lipinski definition) is 7. The van der Waals surface area contributed by atoms with E-state index in [0.717, 1.165) is 77.2 Å². The summed E-state index contributed by atoms with van der Waals surface area (Å²) in [5.41, 5.74) is 5.59. The number of rotatable bonds is 5. The number of piperazine rings is 1. The number of aryl methyl sites for hydroxylation is 2. The van der Waals surface area contributed by atoms with E-state index in [2.05, 4.69) is 43.6 Å². The van der Waals surface area contributed by atoms with Gasteiger partial charge in [-0.15, -0.1) is 0 Å². The number of allylic oxidation sites excluding steroid dienone is 2. The average Bonchev–Trinajstić information content (AvgIpc) is 3.36. The minimum atomic E-state index is -0.105. The standard InChI is InChI=1S/C24H28N6O2/c1-5-7-18(26-6-2)20-14-31-23-17(21-15(3)28-32-16(21)4)8-9-19-22(23)30(20)24(27-19)29-12-10-25-11-13-29/h5-9,20,25H,2,10-14H2,1,3-4H3/b7-5-,26-18+/t20-/m1/s1. The number of aliphatic imine (C=N–C) groups is 1. The summed E-state index contributed by atoms with van der Waals surface area (Å²) in [6.07, 6.45) is 5.60. The molecule has 0 spiro atoms. The van der Waals surface area contributed by atoms with Crippen LogP contribution in [0.4, 0.5) is 5.95 Å². The third-order valence-corrected chi connectivity index (χ3v) is 6.11. The number of imidazole rings is 1. The summed E-state index contributed by atoms with van der Waals surface area (Å²) in [6, 6.07) is 4.02. The molecule has 2 aliphatic rings. The van der Waals surface area contributed by atoms with Gasteiger partial charge in [-0.1, -0.05) is 17.8 Å². The highest BCUT2D eigenvalue weighted by Gasteiger charge is 2.34. The molecule has 0 saturated carbocycles. The molecule has 4 heterocycles. The van der Waals surface area contributed by atoms with E-state index in [1.165, 1.54) is 0 Å². The lowest BCUT2D eigenvalue weighted by Crippen LogP contribution is -2.45. The van der Waals surface area contributed by atoms with Crippen molar-refractivity contribution in [1.29, 1.82) is 0 Å². The van der Waals surface area contributed by atoms with Crippen molar-refractivity contribution in [2.24, 2.45) is 4.99 Å². The van der Waals surface area contributed by atoms with Crippen molar-refractivity contribution in [2.75, 3.05) is 37.7 Å². The van der Waals surface area contributed by atoms with Gasteiger partial charge in [0.1, 0.15) is 23.9 Å². The summed E-state index contributed by atoms with van der Waals surface area (Å²) in [6.45, 7) is 13.8. The summed E-state index contributed by atoms with van der Waals surface area (Å²) in [5, 5.41) is 7.58. The van der Waals surface area contributed by atoms with E-state index in [1.807, 2.05) is 32.9 Å². The molecule has 5 rings (SSSR count). The summed E-state index contributed by atoms with van der Waals surface area (Å²) >= 11 is 0. The smallest absolute Gasteiger partial charge is 0.207 e. The Morgan fingerprint density at radius 3 is 2.78 bits per heavy atom. The van der Waals surface area contributed by atoms with Crippen LogP contribution in [0.2, 0.25) is 0 Å². The van der Waals surface area contributed by atoms with Crippen LogP contribution in [0, 0.1) is 13.8 Å². The van der Waals surface area contributed by atoms with Gasteiger partial charge in [0.05, 0.1) is 22.5 Å². The average molecular weight is 433 g/mol. The minimum Gasteiger partial charge on any atom is -0.488 e. The number of hydrogen-bond donors (Lipinski definition) is 1. The molecule has 0 amide bonds. The van der Waals surface area contributed by atoms with Crippen molar-refractivity contribution >= 4 is 22.7 Å². The predicted molar refractivity (Wildman–Crippen MR) is 127 cm³/mol. The maximum absolute atomic E-state index is 6.44. The van der Waals surface area contributed by atoms with Gasteiger partial charge in [0, 0.05) is 37.9 Å². The molecule has 2 aromatic heterocycles. The fourth-order valence-corrected chi connectivity index (χ4v) is 4.71. The highest BCUT2D eigenvalue weighted by molar-refractivity contribution is 6.02. The van der Waals surface area contributed by atoms with Crippen LogP contribution in [-0.2, 0) is 0 Å². The molecule has 8 nitrogen and oxygen atoms in total. The Kier molecular flexibility index (Phi) is 5.30. The van der Waals surface area contributed by atoms with Crippen LogP contribution in [-0.4, -0.2) is 53.2 Å². The third kappa shape index (κ3) is 3.22. The first-order chi connectivity index (χ1) is 15.6. The van der Waals surface area contributed by atoms with Crippen LogP contribution in [0.3, 0.4) is 0 Å². The highest BCUT2D eigenvalue weighted by Crippen LogP contribution is 2.45. The van der Waals surface area contributed by atoms with Crippen LogP contribution in [0.25, 0.3) is 22.2 Å². The molecular formula is C24H28N6O2. The summed E-state index contributed by atoms with van der Waals surface area (Å²) in [4.78, 5) is 12.0. The number of benzene rings is 1. The minimum absolute atomic E-state index is 0.105. The van der Waals surface area contributed by atoms with Crippen molar-refractivity contribution in [3.8, 4) is 16.9 Å². The van der Waals surface area contributed by atoms with E-state index in [4.69, 9.17) is 14.2 Å². The largest absolute Gasteiger partial charge is 0.488 e. The first kappa shape index (κ1) is 20.5. The Labute approximate surface area is 187 Å². The second-order valence-corrected chi connectivity index (χ2v) is 8.09. The van der Waals surface area contributed by atoms with Gasteiger partial charge in [0.25, 0.3) is 0 Å². The monoisotopic (exact) mass is 432 g/mol. The van der Waals surface area contributed by atoms with Gasteiger partial charge in [-0.3, -0.25) is 9.56 Å². The number of ether oxygens (including phenoxy) is 1. The zero-order chi connectivity index (χ0) is 22.2. The molecule has 2 aliphatic heterocycles. The highest BCUT2D eigenvalue weighted by atomic mass is 16.5. The Morgan fingerprint density at radius 1 is 1.28 bits per heavy atom. The topological polar surface area (TPSA) is 80.7 Å². The van der Waals surface area contributed by atoms with E-state index in [-0.39, 0.29) is 6.04 Å². The van der Waals surface area contributed by atoms with Crippen LogP contribution in [0.5, 0.6) is 5.75 Å². The Balaban J connectivity index is 1.78. The zero-order valence-corrected chi connectivity index (χ0v) is 18.8. The second kappa shape index (κ2) is 8.27. The first-order valence-corrected chi connectivity index (χ1v) is 11.0. The number of nitrogens with one attached hydrogen (secondary N) is 1. The van der Waals surface area contributed by atoms with Gasteiger partial charge >= 0.3 is 0 Å². The van der Waals surface area contributed by atoms with Crippen LogP contribution < -0.4 is 15.0 Å². The molecule has 0 bridgehead atoms. The second-order valence-electron chi connectivity index (χ2n) is 8.09. The summed E-state index contributed by atoms with van der Waals surface area (Å²) in [5.74, 6) is 2.55. The Morgan fingerprint density at radius 2 is 2.09 bits per heavy atom. The van der Waals surface area contributed by atoms with E-state index in [0.29, 0.717) is 6.61 Å². The normalized spacial score (nSPS) is 19.0. The molecule has 1 fully saturated rings. The molecule has 1 atom stereocenters. The molecule has 8 heteroatoms. The number of nitrogens with zero attached hydrogens (tertiary/aromatic N) is 5. The van der Waals surface area contributed by atoms with Crippen LogP contribution in [0.15, 0.2) is 46.6 Å². The molecule has 1 N–H and O–H groups in total. The fraction of sp³-hybridized carbons (Fsp3) is 0.375. The van der Waals surface area contributed by atoms with E-state index < -0.39 is 0 Å². The lowest BCUT2D eigenvalue weighted by molar-refractivity contribution is 0.273. The number of aromatic nitrogens is 3. The molecule has 0 unspecified atom stereocenters. The molecule has 0 aliphatic carbocycles. The van der Waals surface area contributed by atoms with Crippen molar-refractivity contribution < 1.29 is 9.26 Å². The predicted octanol–water partition coefficient (Wildman–Crippen LogP) is 3.81. The van der Waals surface area contributed by atoms with Gasteiger partial charge in [-0.05, 0) is 39.0 Å². The zero-order valence-electron chi connectivity index (χ0n) is 18.8. The van der Waals surface area contributed by atoms with Crippen molar-refractivity contribution in [2.45, 2.75) is 26.8 Å². The molecule has 1 saturated heterocycles. The molecule has 166 valence electrons. The summed E-state index contributed by atoms with van der Waals surface area (Å²) in [7, 11) is 0. The van der Waals surface area contributed by atoms with Crippen LogP contribution in [0.1, 0.15) is 24.4 Å². The van der Waals surface area contributed by atoms with Gasteiger partial charge in [-0.25, -0.2) is 4.98 Å². The van der Waals surface area contributed by atoms with E-state index in [9.17, 15) is 0 Å². The molecule has 3 aromatic rings.